The molecule has 2 rings (SSSR count). The third kappa shape index (κ3) is 3.19. The first kappa shape index (κ1) is 12.3. The number of nitrogens with zero attached hydrogens (tertiary/aromatic N) is 3. The zero-order valence-electron chi connectivity index (χ0n) is 9.11. The second kappa shape index (κ2) is 4.63. The molecule has 0 aromatic carbocycles. The van der Waals surface area contributed by atoms with E-state index >= 15 is 0 Å². The van der Waals surface area contributed by atoms with E-state index in [0.29, 0.717) is 5.69 Å². The minimum atomic E-state index is -4.24. The fraction of sp³-hybridized carbons (Fsp3) is 0.300. The normalized spacial score (nSPS) is 11.7. The molecule has 0 saturated carbocycles. The molecule has 0 radical (unpaired) electrons. The monoisotopic (exact) mass is 258 g/mol. The van der Waals surface area contributed by atoms with Crippen LogP contribution in [0.25, 0.3) is 11.6 Å². The van der Waals surface area contributed by atoms with Gasteiger partial charge in [0.1, 0.15) is 11.5 Å². The third-order valence-electron chi connectivity index (χ3n) is 2.09. The van der Waals surface area contributed by atoms with Gasteiger partial charge in [0, 0.05) is 6.42 Å². The molecule has 2 aromatic rings. The molecule has 0 aliphatic carbocycles. The van der Waals surface area contributed by atoms with Crippen molar-refractivity contribution in [3.8, 4) is 11.6 Å². The van der Waals surface area contributed by atoms with Gasteiger partial charge in [-0.2, -0.15) is 18.2 Å². The summed E-state index contributed by atoms with van der Waals surface area (Å²) in [6.07, 6.45) is -5.55. The lowest BCUT2D eigenvalue weighted by Crippen LogP contribution is -2.09. The molecule has 2 aromatic heterocycles. The summed E-state index contributed by atoms with van der Waals surface area (Å²) in [5, 5.41) is 3.46. The van der Waals surface area contributed by atoms with Crippen LogP contribution >= 0.6 is 0 Å². The number of aryl methyl sites for hydroxylation is 1. The Balaban J connectivity index is 2.11. The fourth-order valence-corrected chi connectivity index (χ4v) is 1.28. The standard InChI is InChI=1S/C10H9F3N4O/c11-10(12,13)5-4-8-16-9(18-17-8)6-2-1-3-7(14)15-6/h1-3H,4-5H2,(H2,14,15). The van der Waals surface area contributed by atoms with E-state index in [4.69, 9.17) is 10.3 Å². The molecule has 5 nitrogen and oxygen atoms in total. The molecular weight excluding hydrogens is 249 g/mol. The highest BCUT2D eigenvalue weighted by Gasteiger charge is 2.27. The first-order chi connectivity index (χ1) is 8.44. The number of hydrogen-bond acceptors (Lipinski definition) is 5. The van der Waals surface area contributed by atoms with E-state index < -0.39 is 12.6 Å². The number of anilines is 1. The maximum Gasteiger partial charge on any atom is 0.389 e. The number of rotatable bonds is 3. The first-order valence-electron chi connectivity index (χ1n) is 5.06. The second-order valence-electron chi connectivity index (χ2n) is 3.58. The highest BCUT2D eigenvalue weighted by molar-refractivity contribution is 5.49. The van der Waals surface area contributed by atoms with Gasteiger partial charge in [-0.15, -0.1) is 0 Å². The zero-order valence-corrected chi connectivity index (χ0v) is 9.11. The number of pyridine rings is 1. The summed E-state index contributed by atoms with van der Waals surface area (Å²) in [6, 6.07) is 4.79. The molecule has 0 saturated heterocycles. The Hall–Kier alpha value is -2.12. The first-order valence-corrected chi connectivity index (χ1v) is 5.06. The van der Waals surface area contributed by atoms with Gasteiger partial charge in [-0.25, -0.2) is 4.98 Å². The molecule has 0 fully saturated rings. The quantitative estimate of drug-likeness (QED) is 0.913. The molecule has 2 N–H and O–H groups in total. The summed E-state index contributed by atoms with van der Waals surface area (Å²) in [5.41, 5.74) is 5.80. The predicted octanol–water partition coefficient (Wildman–Crippen LogP) is 2.21. The van der Waals surface area contributed by atoms with Crippen molar-refractivity contribution in [3.05, 3.63) is 24.0 Å². The van der Waals surface area contributed by atoms with Crippen LogP contribution in [0.5, 0.6) is 0 Å². The van der Waals surface area contributed by atoms with Crippen molar-refractivity contribution in [2.45, 2.75) is 19.0 Å². The molecule has 18 heavy (non-hydrogen) atoms. The van der Waals surface area contributed by atoms with Crippen LogP contribution in [0, 0.1) is 0 Å². The number of halogens is 3. The predicted molar refractivity (Wildman–Crippen MR) is 56.3 cm³/mol. The number of hydrogen-bond donors (Lipinski definition) is 1. The van der Waals surface area contributed by atoms with Crippen molar-refractivity contribution in [1.29, 1.82) is 0 Å². The van der Waals surface area contributed by atoms with E-state index in [2.05, 4.69) is 15.1 Å². The van der Waals surface area contributed by atoms with Gasteiger partial charge in [0.2, 0.25) is 0 Å². The maximum absolute atomic E-state index is 12.0. The van der Waals surface area contributed by atoms with Crippen LogP contribution in [-0.2, 0) is 6.42 Å². The molecule has 0 spiro atoms. The maximum atomic E-state index is 12.0. The minimum absolute atomic E-state index is 0.00782. The van der Waals surface area contributed by atoms with Crippen molar-refractivity contribution in [2.75, 3.05) is 5.73 Å². The molecule has 0 unspecified atom stereocenters. The van der Waals surface area contributed by atoms with Gasteiger partial charge < -0.3 is 10.3 Å². The van der Waals surface area contributed by atoms with Crippen LogP contribution in [-0.4, -0.2) is 21.3 Å². The summed E-state index contributed by atoms with van der Waals surface area (Å²) in [7, 11) is 0. The van der Waals surface area contributed by atoms with Crippen molar-refractivity contribution in [1.82, 2.24) is 15.1 Å². The summed E-state index contributed by atoms with van der Waals surface area (Å²) in [6.45, 7) is 0. The Morgan fingerprint density at radius 3 is 2.67 bits per heavy atom. The van der Waals surface area contributed by atoms with Crippen LogP contribution in [0.1, 0.15) is 12.2 Å². The summed E-state index contributed by atoms with van der Waals surface area (Å²) >= 11 is 0. The molecule has 0 aliphatic heterocycles. The fourth-order valence-electron chi connectivity index (χ4n) is 1.28. The van der Waals surface area contributed by atoms with E-state index in [1.807, 2.05) is 0 Å². The van der Waals surface area contributed by atoms with Gasteiger partial charge in [-0.1, -0.05) is 11.2 Å². The molecule has 0 bridgehead atoms. The molecular formula is C10H9F3N4O. The summed E-state index contributed by atoms with van der Waals surface area (Å²) < 4.78 is 40.9. The van der Waals surface area contributed by atoms with E-state index in [-0.39, 0.29) is 24.0 Å². The average molecular weight is 258 g/mol. The van der Waals surface area contributed by atoms with Crippen LogP contribution in [0.4, 0.5) is 19.0 Å². The number of alkyl halides is 3. The molecule has 2 heterocycles. The smallest absolute Gasteiger partial charge is 0.384 e. The van der Waals surface area contributed by atoms with Crippen LogP contribution in [0.15, 0.2) is 22.7 Å². The molecule has 8 heteroatoms. The van der Waals surface area contributed by atoms with E-state index in [9.17, 15) is 13.2 Å². The second-order valence-corrected chi connectivity index (χ2v) is 3.58. The van der Waals surface area contributed by atoms with Crippen LogP contribution in [0.3, 0.4) is 0 Å². The lowest BCUT2D eigenvalue weighted by atomic mass is 10.3. The van der Waals surface area contributed by atoms with Gasteiger partial charge in [0.05, 0.1) is 6.42 Å². The molecule has 0 aliphatic rings. The Morgan fingerprint density at radius 1 is 1.22 bits per heavy atom. The Morgan fingerprint density at radius 2 is 2.00 bits per heavy atom. The highest BCUT2D eigenvalue weighted by Crippen LogP contribution is 2.22. The van der Waals surface area contributed by atoms with Crippen molar-refractivity contribution < 1.29 is 17.7 Å². The zero-order chi connectivity index (χ0) is 13.2. The topological polar surface area (TPSA) is 77.8 Å². The van der Waals surface area contributed by atoms with E-state index in [1.54, 1.807) is 18.2 Å². The largest absolute Gasteiger partial charge is 0.389 e. The Kier molecular flexibility index (Phi) is 3.17. The van der Waals surface area contributed by atoms with Gasteiger partial charge >= 0.3 is 6.18 Å². The van der Waals surface area contributed by atoms with Crippen LogP contribution < -0.4 is 5.73 Å². The highest BCUT2D eigenvalue weighted by atomic mass is 19.4. The van der Waals surface area contributed by atoms with Gasteiger partial charge in [0.15, 0.2) is 5.82 Å². The van der Waals surface area contributed by atoms with Crippen LogP contribution in [0.2, 0.25) is 0 Å². The lowest BCUT2D eigenvalue weighted by molar-refractivity contribution is -0.134. The van der Waals surface area contributed by atoms with Gasteiger partial charge in [-0.05, 0) is 12.1 Å². The number of nitrogens with two attached hydrogens (primary N) is 1. The molecule has 0 amide bonds. The molecule has 96 valence electrons. The van der Waals surface area contributed by atoms with E-state index in [0.717, 1.165) is 0 Å². The number of nitrogen functional groups attached to an aromatic ring is 1. The SMILES string of the molecule is Nc1cccc(-c2nc(CCC(F)(F)F)no2)n1. The van der Waals surface area contributed by atoms with Gasteiger partial charge in [-0.3, -0.25) is 0 Å². The Bertz CT molecular complexity index is 538. The Labute approximate surface area is 99.8 Å². The van der Waals surface area contributed by atoms with Gasteiger partial charge in [0.25, 0.3) is 5.89 Å². The lowest BCUT2D eigenvalue weighted by Gasteiger charge is -2.01. The average Bonchev–Trinajstić information content (AvgIpc) is 2.74. The van der Waals surface area contributed by atoms with Crippen molar-refractivity contribution in [3.63, 3.8) is 0 Å². The van der Waals surface area contributed by atoms with E-state index in [1.165, 1.54) is 0 Å². The van der Waals surface area contributed by atoms with Crippen molar-refractivity contribution >= 4 is 5.82 Å². The molecule has 0 atom stereocenters. The third-order valence-corrected chi connectivity index (χ3v) is 2.09. The minimum Gasteiger partial charge on any atom is -0.384 e. The summed E-state index contributed by atoms with van der Waals surface area (Å²) in [4.78, 5) is 7.75. The van der Waals surface area contributed by atoms with Crippen molar-refractivity contribution in [2.24, 2.45) is 0 Å². The summed E-state index contributed by atoms with van der Waals surface area (Å²) in [5.74, 6) is 0.313. The number of aromatic nitrogens is 3.